The molecule has 11 heteroatoms. The standard InChI is InChI=1S/C18H18ClN5.C2HF3O2/c19-15-4-2-1-3-12(15)16-13(9-20)17(11-5-7-21-8-6-11)23-18-14(16)10-22-24-18;3-2(4,5)1(6)7/h1-4,10-11,16,21H,5-8H2,(H2,22,23,24);(H,6,7). The molecule has 0 saturated carbocycles. The van der Waals surface area contributed by atoms with E-state index in [0.29, 0.717) is 10.9 Å². The number of fused-ring (bicyclic) bond motifs is 1. The molecule has 3 heterocycles. The van der Waals surface area contributed by atoms with Gasteiger partial charge in [-0.15, -0.1) is 0 Å². The van der Waals surface area contributed by atoms with Crippen LogP contribution in [0.2, 0.25) is 5.02 Å². The summed E-state index contributed by atoms with van der Waals surface area (Å²) < 4.78 is 31.7. The Kier molecular flexibility index (Phi) is 6.87. The second kappa shape index (κ2) is 9.41. The number of carboxylic acid groups (broad SMARTS) is 1. The van der Waals surface area contributed by atoms with Crippen LogP contribution in [0, 0.1) is 17.2 Å². The predicted molar refractivity (Wildman–Crippen MR) is 107 cm³/mol. The first-order valence-electron chi connectivity index (χ1n) is 9.44. The van der Waals surface area contributed by atoms with Crippen LogP contribution < -0.4 is 10.6 Å². The van der Waals surface area contributed by atoms with Crippen molar-refractivity contribution in [1.82, 2.24) is 15.5 Å². The molecule has 1 fully saturated rings. The normalized spacial score (nSPS) is 18.9. The summed E-state index contributed by atoms with van der Waals surface area (Å²) in [5.74, 6) is -1.79. The second-order valence-electron chi connectivity index (χ2n) is 7.04. The third-order valence-electron chi connectivity index (χ3n) is 5.14. The van der Waals surface area contributed by atoms with Gasteiger partial charge in [-0.05, 0) is 37.6 Å². The van der Waals surface area contributed by atoms with Crippen molar-refractivity contribution in [1.29, 1.82) is 5.26 Å². The van der Waals surface area contributed by atoms with Crippen LogP contribution in [-0.2, 0) is 4.79 Å². The van der Waals surface area contributed by atoms with Crippen LogP contribution >= 0.6 is 11.6 Å². The molecule has 1 aromatic carbocycles. The summed E-state index contributed by atoms with van der Waals surface area (Å²) in [5, 5.41) is 31.8. The summed E-state index contributed by atoms with van der Waals surface area (Å²) in [4.78, 5) is 8.90. The van der Waals surface area contributed by atoms with Gasteiger partial charge in [-0.3, -0.25) is 5.10 Å². The number of anilines is 1. The van der Waals surface area contributed by atoms with Gasteiger partial charge in [-0.2, -0.15) is 23.5 Å². The Morgan fingerprint density at radius 1 is 1.23 bits per heavy atom. The fourth-order valence-electron chi connectivity index (χ4n) is 3.71. The zero-order valence-electron chi connectivity index (χ0n) is 16.1. The van der Waals surface area contributed by atoms with Crippen molar-refractivity contribution in [2.75, 3.05) is 18.4 Å². The van der Waals surface area contributed by atoms with E-state index in [0.717, 1.165) is 54.1 Å². The van der Waals surface area contributed by atoms with Gasteiger partial charge in [0.2, 0.25) is 0 Å². The maximum atomic E-state index is 10.6. The fraction of sp³-hybridized carbons (Fsp3) is 0.350. The number of nitrogens with zero attached hydrogens (tertiary/aromatic N) is 2. The minimum absolute atomic E-state index is 0.177. The second-order valence-corrected chi connectivity index (χ2v) is 7.44. The van der Waals surface area contributed by atoms with Crippen molar-refractivity contribution < 1.29 is 23.1 Å². The number of allylic oxidation sites excluding steroid dienone is 2. The highest BCUT2D eigenvalue weighted by molar-refractivity contribution is 6.31. The number of nitrogens with one attached hydrogen (secondary N) is 3. The van der Waals surface area contributed by atoms with Crippen molar-refractivity contribution in [2.45, 2.75) is 24.9 Å². The van der Waals surface area contributed by atoms with E-state index < -0.39 is 12.1 Å². The van der Waals surface area contributed by atoms with Gasteiger partial charge in [0.05, 0.1) is 17.6 Å². The smallest absolute Gasteiger partial charge is 0.475 e. The van der Waals surface area contributed by atoms with Gasteiger partial charge in [0.1, 0.15) is 0 Å². The molecule has 0 spiro atoms. The van der Waals surface area contributed by atoms with Gasteiger partial charge in [0.15, 0.2) is 5.82 Å². The highest BCUT2D eigenvalue weighted by Crippen LogP contribution is 2.45. The van der Waals surface area contributed by atoms with Gasteiger partial charge >= 0.3 is 12.1 Å². The molecular formula is C20H19ClF3N5O2. The number of halogens is 4. The van der Waals surface area contributed by atoms with E-state index in [2.05, 4.69) is 26.9 Å². The molecule has 2 aliphatic heterocycles. The third-order valence-corrected chi connectivity index (χ3v) is 5.48. The molecule has 0 amide bonds. The number of hydrogen-bond acceptors (Lipinski definition) is 5. The van der Waals surface area contributed by atoms with E-state index in [1.165, 1.54) is 0 Å². The highest BCUT2D eigenvalue weighted by Gasteiger charge is 2.38. The number of H-pyrrole nitrogens is 1. The van der Waals surface area contributed by atoms with Crippen molar-refractivity contribution in [3.8, 4) is 6.07 Å². The number of carbonyl (C=O) groups is 1. The number of hydrogen-bond donors (Lipinski definition) is 4. The third kappa shape index (κ3) is 5.00. The lowest BCUT2D eigenvalue weighted by Crippen LogP contribution is -2.32. The monoisotopic (exact) mass is 453 g/mol. The first-order chi connectivity index (χ1) is 14.7. The molecule has 1 atom stereocenters. The Morgan fingerprint density at radius 3 is 2.45 bits per heavy atom. The maximum absolute atomic E-state index is 10.6. The van der Waals surface area contributed by atoms with Crippen LogP contribution in [0.25, 0.3) is 0 Å². The van der Waals surface area contributed by atoms with E-state index in [1.54, 1.807) is 0 Å². The molecule has 1 aromatic heterocycles. The minimum Gasteiger partial charge on any atom is -0.475 e. The average Bonchev–Trinajstić information content (AvgIpc) is 3.22. The molecule has 1 unspecified atom stereocenters. The molecule has 0 radical (unpaired) electrons. The SMILES string of the molecule is N#CC1=C(C2CCNCC2)Nc2n[nH]cc2C1c1ccccc1Cl.O=C(O)C(F)(F)F. The van der Waals surface area contributed by atoms with Gasteiger partial charge in [0.25, 0.3) is 0 Å². The van der Waals surface area contributed by atoms with E-state index in [9.17, 15) is 18.4 Å². The van der Waals surface area contributed by atoms with Gasteiger partial charge in [-0.25, -0.2) is 4.79 Å². The molecule has 4 rings (SSSR count). The number of aliphatic carboxylic acids is 1. The molecular weight excluding hydrogens is 435 g/mol. The first-order valence-corrected chi connectivity index (χ1v) is 9.82. The Morgan fingerprint density at radius 2 is 1.87 bits per heavy atom. The summed E-state index contributed by atoms with van der Waals surface area (Å²) in [6, 6.07) is 10.2. The Hall–Kier alpha value is -3.03. The average molecular weight is 454 g/mol. The molecule has 2 aliphatic rings. The van der Waals surface area contributed by atoms with Crippen LogP contribution in [0.5, 0.6) is 0 Å². The van der Waals surface area contributed by atoms with Gasteiger partial charge in [-0.1, -0.05) is 29.8 Å². The number of nitriles is 1. The highest BCUT2D eigenvalue weighted by atomic mass is 35.5. The van der Waals surface area contributed by atoms with Gasteiger partial charge in [0, 0.05) is 28.4 Å². The van der Waals surface area contributed by atoms with E-state index in [4.69, 9.17) is 21.5 Å². The lowest BCUT2D eigenvalue weighted by atomic mass is 9.79. The minimum atomic E-state index is -5.08. The van der Waals surface area contributed by atoms with Crippen LogP contribution in [0.3, 0.4) is 0 Å². The Bertz CT molecular complexity index is 1020. The summed E-state index contributed by atoms with van der Waals surface area (Å²) in [5.41, 5.74) is 3.68. The summed E-state index contributed by atoms with van der Waals surface area (Å²) in [6.45, 7) is 1.94. The predicted octanol–water partition coefficient (Wildman–Crippen LogP) is 4.03. The van der Waals surface area contributed by atoms with Crippen molar-refractivity contribution in [3.63, 3.8) is 0 Å². The number of piperidine rings is 1. The molecule has 31 heavy (non-hydrogen) atoms. The van der Waals surface area contributed by atoms with Crippen LogP contribution in [0.15, 0.2) is 41.7 Å². The number of benzene rings is 1. The number of aromatic amines is 1. The Labute approximate surface area is 180 Å². The van der Waals surface area contributed by atoms with Crippen LogP contribution in [0.4, 0.5) is 19.0 Å². The number of rotatable bonds is 2. The lowest BCUT2D eigenvalue weighted by molar-refractivity contribution is -0.192. The van der Waals surface area contributed by atoms with E-state index in [1.807, 2.05) is 30.5 Å². The molecule has 0 aliphatic carbocycles. The quantitative estimate of drug-likeness (QED) is 0.546. The lowest BCUT2D eigenvalue weighted by Gasteiger charge is -2.32. The summed E-state index contributed by atoms with van der Waals surface area (Å²) in [7, 11) is 0. The Balaban J connectivity index is 0.000000339. The zero-order chi connectivity index (χ0) is 22.6. The summed E-state index contributed by atoms with van der Waals surface area (Å²) in [6.07, 6.45) is -1.20. The van der Waals surface area contributed by atoms with Crippen LogP contribution in [-0.4, -0.2) is 40.5 Å². The molecule has 1 saturated heterocycles. The number of carboxylic acids is 1. The molecule has 164 valence electrons. The maximum Gasteiger partial charge on any atom is 0.490 e. The number of aromatic nitrogens is 2. The summed E-state index contributed by atoms with van der Waals surface area (Å²) >= 11 is 6.45. The van der Waals surface area contributed by atoms with Crippen LogP contribution in [0.1, 0.15) is 29.9 Å². The first kappa shape index (κ1) is 22.7. The fourth-order valence-corrected chi connectivity index (χ4v) is 3.96. The van der Waals surface area contributed by atoms with Crippen molar-refractivity contribution >= 4 is 23.4 Å². The molecule has 2 aromatic rings. The van der Waals surface area contributed by atoms with E-state index in [-0.39, 0.29) is 5.92 Å². The molecule has 7 nitrogen and oxygen atoms in total. The topological polar surface area (TPSA) is 114 Å². The van der Waals surface area contributed by atoms with Gasteiger partial charge < -0.3 is 15.7 Å². The largest absolute Gasteiger partial charge is 0.490 e. The molecule has 0 bridgehead atoms. The zero-order valence-corrected chi connectivity index (χ0v) is 16.9. The van der Waals surface area contributed by atoms with Crippen molar-refractivity contribution in [2.24, 2.45) is 5.92 Å². The van der Waals surface area contributed by atoms with E-state index >= 15 is 0 Å². The van der Waals surface area contributed by atoms with Crippen molar-refractivity contribution in [3.05, 3.63) is 57.9 Å². The molecule has 4 N–H and O–H groups in total. The number of alkyl halides is 3.